The van der Waals surface area contributed by atoms with E-state index in [1.54, 1.807) is 6.08 Å². The highest BCUT2D eigenvalue weighted by Gasteiger charge is 2.02. The molecule has 0 aromatic carbocycles. The maximum Gasteiger partial charge on any atom is 0.159 e. The minimum Gasteiger partial charge on any atom is -0.295 e. The second kappa shape index (κ2) is 2.62. The highest BCUT2D eigenvalue weighted by molar-refractivity contribution is 5.92. The van der Waals surface area contributed by atoms with E-state index in [0.717, 1.165) is 6.42 Å². The van der Waals surface area contributed by atoms with E-state index in [1.807, 2.05) is 12.2 Å². The summed E-state index contributed by atoms with van der Waals surface area (Å²) in [4.78, 5) is 10.7. The van der Waals surface area contributed by atoms with Crippen molar-refractivity contribution in [3.63, 3.8) is 0 Å². The summed E-state index contributed by atoms with van der Waals surface area (Å²) in [6, 6.07) is 0. The van der Waals surface area contributed by atoms with Gasteiger partial charge in [-0.05, 0) is 12.5 Å². The first-order valence-electron chi connectivity index (χ1n) is 3.22. The minimum atomic E-state index is 0.231. The van der Waals surface area contributed by atoms with E-state index in [2.05, 4.69) is 6.92 Å². The summed E-state index contributed by atoms with van der Waals surface area (Å²) in [6.07, 6.45) is 7.09. The molecule has 0 atom stereocenters. The molecule has 0 unspecified atom stereocenters. The summed E-state index contributed by atoms with van der Waals surface area (Å²) >= 11 is 0. The fourth-order valence-electron chi connectivity index (χ4n) is 0.876. The smallest absolute Gasteiger partial charge is 0.159 e. The van der Waals surface area contributed by atoms with Crippen LogP contribution in [0.5, 0.6) is 0 Å². The third-order valence-corrected chi connectivity index (χ3v) is 1.47. The van der Waals surface area contributed by atoms with Crippen molar-refractivity contribution in [3.8, 4) is 0 Å². The third kappa shape index (κ3) is 1.53. The Morgan fingerprint density at radius 2 is 2.44 bits per heavy atom. The molecule has 0 bridgehead atoms. The van der Waals surface area contributed by atoms with Gasteiger partial charge in [0.05, 0.1) is 0 Å². The molecule has 0 saturated carbocycles. The van der Waals surface area contributed by atoms with Crippen LogP contribution < -0.4 is 0 Å². The van der Waals surface area contributed by atoms with Crippen molar-refractivity contribution < 1.29 is 4.79 Å². The Hall–Kier alpha value is -0.850. The monoisotopic (exact) mass is 122 g/mol. The molecular weight excluding hydrogens is 112 g/mol. The molecule has 0 aromatic rings. The van der Waals surface area contributed by atoms with E-state index in [1.165, 1.54) is 5.57 Å². The molecule has 1 heteroatoms. The molecule has 1 rings (SSSR count). The van der Waals surface area contributed by atoms with Gasteiger partial charge in [0, 0.05) is 6.42 Å². The topological polar surface area (TPSA) is 17.1 Å². The van der Waals surface area contributed by atoms with Crippen molar-refractivity contribution in [2.24, 2.45) is 0 Å². The molecule has 0 N–H and O–H groups in total. The summed E-state index contributed by atoms with van der Waals surface area (Å²) in [5.74, 6) is 0.231. The van der Waals surface area contributed by atoms with Crippen LogP contribution in [-0.2, 0) is 4.79 Å². The highest BCUT2D eigenvalue weighted by Crippen LogP contribution is 2.11. The average molecular weight is 122 g/mol. The zero-order chi connectivity index (χ0) is 6.69. The van der Waals surface area contributed by atoms with Gasteiger partial charge in [0.15, 0.2) is 5.78 Å². The Kier molecular flexibility index (Phi) is 1.83. The summed E-state index contributed by atoms with van der Waals surface area (Å²) in [7, 11) is 0. The third-order valence-electron chi connectivity index (χ3n) is 1.47. The molecule has 48 valence electrons. The number of allylic oxidation sites excluding steroid dienone is 4. The van der Waals surface area contributed by atoms with Crippen molar-refractivity contribution in [2.45, 2.75) is 19.8 Å². The maximum absolute atomic E-state index is 10.7. The second-order valence-corrected chi connectivity index (χ2v) is 2.18. The molecule has 0 aliphatic heterocycles. The van der Waals surface area contributed by atoms with Crippen LogP contribution in [0.2, 0.25) is 0 Å². The number of hydrogen-bond acceptors (Lipinski definition) is 1. The predicted octanol–water partition coefficient (Wildman–Crippen LogP) is 1.85. The summed E-state index contributed by atoms with van der Waals surface area (Å²) in [5, 5.41) is 0. The van der Waals surface area contributed by atoms with Gasteiger partial charge in [-0.25, -0.2) is 0 Å². The molecule has 0 spiro atoms. The number of carbonyl (C=O) groups excluding carboxylic acids is 1. The lowest BCUT2D eigenvalue weighted by Gasteiger charge is -2.02. The molecular formula is C8H10O. The Balaban J connectivity index is 2.65. The van der Waals surface area contributed by atoms with Crippen LogP contribution in [0.25, 0.3) is 0 Å². The van der Waals surface area contributed by atoms with Crippen molar-refractivity contribution >= 4 is 5.78 Å². The van der Waals surface area contributed by atoms with Crippen molar-refractivity contribution in [1.82, 2.24) is 0 Å². The van der Waals surface area contributed by atoms with Gasteiger partial charge in [0.1, 0.15) is 0 Å². The Morgan fingerprint density at radius 1 is 1.67 bits per heavy atom. The molecule has 0 amide bonds. The fourth-order valence-corrected chi connectivity index (χ4v) is 0.876. The Bertz CT molecular complexity index is 175. The molecule has 1 aliphatic rings. The van der Waals surface area contributed by atoms with Crippen LogP contribution in [0.3, 0.4) is 0 Å². The standard InChI is InChI=1S/C8H10O/c1-2-7-4-3-5-8(9)6-7/h3-5H,2,6H2,1H3. The summed E-state index contributed by atoms with van der Waals surface area (Å²) < 4.78 is 0. The first kappa shape index (κ1) is 6.27. The quantitative estimate of drug-likeness (QED) is 0.518. The molecule has 0 radical (unpaired) electrons. The van der Waals surface area contributed by atoms with E-state index < -0.39 is 0 Å². The molecule has 9 heavy (non-hydrogen) atoms. The molecule has 0 heterocycles. The van der Waals surface area contributed by atoms with E-state index in [9.17, 15) is 4.79 Å². The number of ketones is 1. The Labute approximate surface area is 55.1 Å². The Morgan fingerprint density at radius 3 is 2.89 bits per heavy atom. The van der Waals surface area contributed by atoms with Crippen LogP contribution in [0, 0.1) is 0 Å². The fraction of sp³-hybridized carbons (Fsp3) is 0.375. The number of rotatable bonds is 1. The van der Waals surface area contributed by atoms with Crippen LogP contribution in [0.15, 0.2) is 23.8 Å². The van der Waals surface area contributed by atoms with Crippen molar-refractivity contribution in [3.05, 3.63) is 23.8 Å². The van der Waals surface area contributed by atoms with Gasteiger partial charge >= 0.3 is 0 Å². The zero-order valence-corrected chi connectivity index (χ0v) is 5.55. The van der Waals surface area contributed by atoms with Gasteiger partial charge in [-0.15, -0.1) is 0 Å². The molecule has 0 aromatic heterocycles. The molecule has 1 aliphatic carbocycles. The first-order chi connectivity index (χ1) is 4.33. The summed E-state index contributed by atoms with van der Waals surface area (Å²) in [6.45, 7) is 2.07. The molecule has 0 fully saturated rings. The van der Waals surface area contributed by atoms with Gasteiger partial charge in [-0.1, -0.05) is 24.6 Å². The largest absolute Gasteiger partial charge is 0.295 e. The normalized spacial score (nSPS) is 17.9. The lowest BCUT2D eigenvalue weighted by molar-refractivity contribution is -0.114. The number of hydrogen-bond donors (Lipinski definition) is 0. The summed E-state index contributed by atoms with van der Waals surface area (Å²) in [5.41, 5.74) is 1.24. The van der Waals surface area contributed by atoms with E-state index in [0.29, 0.717) is 6.42 Å². The zero-order valence-electron chi connectivity index (χ0n) is 5.55. The van der Waals surface area contributed by atoms with Crippen LogP contribution in [0.1, 0.15) is 19.8 Å². The minimum absolute atomic E-state index is 0.231. The number of carbonyl (C=O) groups is 1. The van der Waals surface area contributed by atoms with Crippen molar-refractivity contribution in [1.29, 1.82) is 0 Å². The van der Waals surface area contributed by atoms with Crippen LogP contribution in [-0.4, -0.2) is 5.78 Å². The average Bonchev–Trinajstić information content (AvgIpc) is 1.88. The molecule has 0 saturated heterocycles. The SMILES string of the molecule is CCC1=CC=CC(=O)C1. The van der Waals surface area contributed by atoms with Crippen LogP contribution in [0.4, 0.5) is 0 Å². The first-order valence-corrected chi connectivity index (χ1v) is 3.22. The van der Waals surface area contributed by atoms with E-state index in [4.69, 9.17) is 0 Å². The van der Waals surface area contributed by atoms with Gasteiger partial charge in [0.2, 0.25) is 0 Å². The lowest BCUT2D eigenvalue weighted by atomic mass is 10.0. The molecule has 1 nitrogen and oxygen atoms in total. The highest BCUT2D eigenvalue weighted by atomic mass is 16.1. The van der Waals surface area contributed by atoms with Gasteiger partial charge in [-0.3, -0.25) is 4.79 Å². The van der Waals surface area contributed by atoms with E-state index in [-0.39, 0.29) is 5.78 Å². The van der Waals surface area contributed by atoms with Crippen molar-refractivity contribution in [2.75, 3.05) is 0 Å². The van der Waals surface area contributed by atoms with Crippen LogP contribution >= 0.6 is 0 Å². The van der Waals surface area contributed by atoms with Gasteiger partial charge in [0.25, 0.3) is 0 Å². The van der Waals surface area contributed by atoms with Gasteiger partial charge in [-0.2, -0.15) is 0 Å². The maximum atomic E-state index is 10.7. The van der Waals surface area contributed by atoms with E-state index >= 15 is 0 Å². The lowest BCUT2D eigenvalue weighted by Crippen LogP contribution is -1.98. The second-order valence-electron chi connectivity index (χ2n) is 2.18. The predicted molar refractivity (Wildman–Crippen MR) is 37.1 cm³/mol. The van der Waals surface area contributed by atoms with Gasteiger partial charge < -0.3 is 0 Å².